The summed E-state index contributed by atoms with van der Waals surface area (Å²) in [5.74, 6) is 0. The predicted molar refractivity (Wildman–Crippen MR) is 239 cm³/mol. The molecule has 0 atom stereocenters. The van der Waals surface area contributed by atoms with E-state index in [1.807, 2.05) is 12.1 Å². The van der Waals surface area contributed by atoms with Gasteiger partial charge in [0.1, 0.15) is 11.2 Å². The molecule has 3 nitrogen and oxygen atoms in total. The van der Waals surface area contributed by atoms with E-state index in [-0.39, 0.29) is 0 Å². The van der Waals surface area contributed by atoms with Gasteiger partial charge in [-0.15, -0.1) is 0 Å². The second kappa shape index (κ2) is 12.5. The molecule has 3 heterocycles. The smallest absolute Gasteiger partial charge is 0.144 e. The molecular weight excluding hydrogens is 693 g/mol. The zero-order chi connectivity index (χ0) is 37.5. The summed E-state index contributed by atoms with van der Waals surface area (Å²) in [4.78, 5) is 10.7. The first-order valence-corrected chi connectivity index (χ1v) is 19.4. The van der Waals surface area contributed by atoms with E-state index in [1.54, 1.807) is 0 Å². The molecule has 0 aliphatic rings. The molecule has 0 radical (unpaired) electrons. The molecule has 0 saturated carbocycles. The number of rotatable bonds is 4. The van der Waals surface area contributed by atoms with Crippen molar-refractivity contribution in [3.8, 4) is 44.8 Å². The van der Waals surface area contributed by atoms with Crippen LogP contribution in [0.4, 0.5) is 0 Å². The van der Waals surface area contributed by atoms with Crippen molar-refractivity contribution in [2.45, 2.75) is 0 Å². The minimum absolute atomic E-state index is 0.890. The van der Waals surface area contributed by atoms with E-state index < -0.39 is 0 Å². The Morgan fingerprint density at radius 1 is 0.298 bits per heavy atom. The summed E-state index contributed by atoms with van der Waals surface area (Å²) >= 11 is 0. The molecule has 0 amide bonds. The molecule has 0 N–H and O–H groups in total. The van der Waals surface area contributed by atoms with Gasteiger partial charge < -0.3 is 4.42 Å². The number of aromatic nitrogens is 2. The van der Waals surface area contributed by atoms with Crippen LogP contribution in [0.5, 0.6) is 0 Å². The number of pyridine rings is 2. The molecule has 0 spiro atoms. The number of furan rings is 1. The Morgan fingerprint density at radius 2 is 0.860 bits per heavy atom. The van der Waals surface area contributed by atoms with Crippen LogP contribution < -0.4 is 0 Å². The van der Waals surface area contributed by atoms with Gasteiger partial charge in [0.2, 0.25) is 0 Å². The summed E-state index contributed by atoms with van der Waals surface area (Å²) in [5, 5.41) is 11.4. The molecule has 0 fully saturated rings. The van der Waals surface area contributed by atoms with Gasteiger partial charge in [-0.05, 0) is 69.4 Å². The number of hydrogen-bond donors (Lipinski definition) is 0. The molecule has 0 unspecified atom stereocenters. The largest absolute Gasteiger partial charge is 0.455 e. The summed E-state index contributed by atoms with van der Waals surface area (Å²) in [5.41, 5.74) is 12.4. The number of benzene rings is 9. The summed E-state index contributed by atoms with van der Waals surface area (Å²) in [6.07, 6.45) is 0. The van der Waals surface area contributed by atoms with Crippen LogP contribution >= 0.6 is 0 Å². The lowest BCUT2D eigenvalue weighted by atomic mass is 9.89. The molecule has 0 aliphatic carbocycles. The van der Waals surface area contributed by atoms with Crippen molar-refractivity contribution in [2.75, 3.05) is 0 Å². The van der Waals surface area contributed by atoms with Crippen molar-refractivity contribution < 1.29 is 4.42 Å². The molecular formula is C54H32N2O. The van der Waals surface area contributed by atoms with Gasteiger partial charge in [0.15, 0.2) is 0 Å². The van der Waals surface area contributed by atoms with Crippen molar-refractivity contribution in [2.24, 2.45) is 0 Å². The van der Waals surface area contributed by atoms with Crippen LogP contribution in [0.2, 0.25) is 0 Å². The van der Waals surface area contributed by atoms with Gasteiger partial charge in [-0.1, -0.05) is 158 Å². The van der Waals surface area contributed by atoms with Crippen LogP contribution in [0.15, 0.2) is 199 Å². The summed E-state index contributed by atoms with van der Waals surface area (Å²) < 4.78 is 6.64. The topological polar surface area (TPSA) is 38.9 Å². The van der Waals surface area contributed by atoms with Gasteiger partial charge >= 0.3 is 0 Å². The van der Waals surface area contributed by atoms with Gasteiger partial charge in [0.25, 0.3) is 0 Å². The first-order chi connectivity index (χ1) is 28.3. The molecule has 3 heteroatoms. The average molecular weight is 725 g/mol. The van der Waals surface area contributed by atoms with Gasteiger partial charge in [-0.25, -0.2) is 9.97 Å². The molecule has 264 valence electrons. The van der Waals surface area contributed by atoms with E-state index in [0.717, 1.165) is 99.1 Å². The molecule has 12 rings (SSSR count). The summed E-state index contributed by atoms with van der Waals surface area (Å²) in [6.45, 7) is 0. The Morgan fingerprint density at radius 3 is 1.67 bits per heavy atom. The van der Waals surface area contributed by atoms with Crippen molar-refractivity contribution in [1.29, 1.82) is 0 Å². The average Bonchev–Trinajstić information content (AvgIpc) is 3.67. The van der Waals surface area contributed by atoms with Crippen LogP contribution in [0.1, 0.15) is 0 Å². The van der Waals surface area contributed by atoms with E-state index in [1.165, 1.54) is 21.7 Å². The normalized spacial score (nSPS) is 11.9. The molecule has 57 heavy (non-hydrogen) atoms. The highest BCUT2D eigenvalue weighted by Crippen LogP contribution is 2.44. The molecule has 0 saturated heterocycles. The van der Waals surface area contributed by atoms with Crippen LogP contribution in [-0.4, -0.2) is 9.97 Å². The standard InChI is InChI=1S/C54H32N2O/c1-3-14-33(15-4-1)52-44-29-28-41-39-21-10-12-25-49(39)57-54(41)51(44)43-27-26-36(31-48(43)56-52)35-18-13-19-37(30-35)45-32-46-50(40-22-8-7-20-38(40)45)42-23-9-11-24-47(42)55-53(46)34-16-5-2-6-17-34/h1-32H. The van der Waals surface area contributed by atoms with Crippen LogP contribution in [0, 0.1) is 0 Å². The van der Waals surface area contributed by atoms with Crippen molar-refractivity contribution in [3.63, 3.8) is 0 Å². The lowest BCUT2D eigenvalue weighted by Gasteiger charge is -2.16. The fraction of sp³-hybridized carbons (Fsp3) is 0. The first-order valence-electron chi connectivity index (χ1n) is 19.4. The van der Waals surface area contributed by atoms with Crippen molar-refractivity contribution >= 4 is 76.1 Å². The molecule has 0 aliphatic heterocycles. The third-order valence-electron chi connectivity index (χ3n) is 11.6. The Balaban J connectivity index is 1.09. The van der Waals surface area contributed by atoms with Gasteiger partial charge in [-0.2, -0.15) is 0 Å². The highest BCUT2D eigenvalue weighted by molar-refractivity contribution is 6.26. The minimum atomic E-state index is 0.890. The number of para-hydroxylation sites is 2. The third kappa shape index (κ3) is 4.92. The summed E-state index contributed by atoms with van der Waals surface area (Å²) in [6, 6.07) is 69.0. The fourth-order valence-corrected chi connectivity index (χ4v) is 9.00. The van der Waals surface area contributed by atoms with E-state index in [2.05, 4.69) is 182 Å². The van der Waals surface area contributed by atoms with Gasteiger partial charge in [-0.3, -0.25) is 0 Å². The Labute approximate surface area is 328 Å². The second-order valence-corrected chi connectivity index (χ2v) is 14.8. The van der Waals surface area contributed by atoms with E-state index in [0.29, 0.717) is 0 Å². The maximum absolute atomic E-state index is 6.64. The maximum atomic E-state index is 6.64. The summed E-state index contributed by atoms with van der Waals surface area (Å²) in [7, 11) is 0. The molecule has 0 bridgehead atoms. The quantitative estimate of drug-likeness (QED) is 0.170. The SMILES string of the molecule is c1ccc(-c2nc3ccccc3c3c2cc(-c2cccc(-c4ccc5c(c4)nc(-c4ccccc4)c4ccc6c7ccccc7oc6c45)c2)c2ccccc23)cc1. The Kier molecular flexibility index (Phi) is 6.93. The fourth-order valence-electron chi connectivity index (χ4n) is 9.00. The zero-order valence-corrected chi connectivity index (χ0v) is 30.8. The highest BCUT2D eigenvalue weighted by atomic mass is 16.3. The van der Waals surface area contributed by atoms with Crippen LogP contribution in [0.3, 0.4) is 0 Å². The highest BCUT2D eigenvalue weighted by Gasteiger charge is 2.19. The van der Waals surface area contributed by atoms with Gasteiger partial charge in [0.05, 0.1) is 22.4 Å². The minimum Gasteiger partial charge on any atom is -0.455 e. The molecule has 3 aromatic heterocycles. The number of hydrogen-bond acceptors (Lipinski definition) is 3. The molecule has 12 aromatic rings. The van der Waals surface area contributed by atoms with Crippen LogP contribution in [0.25, 0.3) is 121 Å². The number of nitrogens with zero attached hydrogens (tertiary/aromatic N) is 2. The van der Waals surface area contributed by atoms with Crippen LogP contribution in [-0.2, 0) is 0 Å². The lowest BCUT2D eigenvalue weighted by Crippen LogP contribution is -1.93. The monoisotopic (exact) mass is 724 g/mol. The Hall–Kier alpha value is -7.62. The van der Waals surface area contributed by atoms with Crippen molar-refractivity contribution in [3.05, 3.63) is 194 Å². The predicted octanol–water partition coefficient (Wildman–Crippen LogP) is 14.8. The molecule has 9 aromatic carbocycles. The van der Waals surface area contributed by atoms with E-state index in [9.17, 15) is 0 Å². The number of fused-ring (bicyclic) bond motifs is 12. The maximum Gasteiger partial charge on any atom is 0.144 e. The van der Waals surface area contributed by atoms with E-state index >= 15 is 0 Å². The Bertz CT molecular complexity index is 3570. The third-order valence-corrected chi connectivity index (χ3v) is 11.6. The zero-order valence-electron chi connectivity index (χ0n) is 30.8. The first kappa shape index (κ1) is 31.7. The van der Waals surface area contributed by atoms with Crippen molar-refractivity contribution in [1.82, 2.24) is 9.97 Å². The van der Waals surface area contributed by atoms with E-state index in [4.69, 9.17) is 14.4 Å². The second-order valence-electron chi connectivity index (χ2n) is 14.8. The lowest BCUT2D eigenvalue weighted by molar-refractivity contribution is 0.673. The van der Waals surface area contributed by atoms with Gasteiger partial charge in [0, 0.05) is 54.2 Å².